The Morgan fingerprint density at radius 2 is 1.30 bits per heavy atom. The Hall–Kier alpha value is -3.92. The standard InChI is InChI=1S/C36H54N4O6/c1-23(2)19-28(30(41)20-25(5)32(42)37-22-27-17-13-10-14-18-27)38-33(43)29(21-26-15-11-9-12-16-26)39-34(44)31(24(3)4)40-35(45)46-36(6,7)8/h9-18,23-25,28-31,41H,19-22H2,1-8H3,(H,37,42)(H,38,43)(H,39,44)(H,40,45)/t25-,28+,29+,30+,31+/m1/s1. The van der Waals surface area contributed by atoms with Crippen LogP contribution in [0.5, 0.6) is 0 Å². The van der Waals surface area contributed by atoms with E-state index in [1.807, 2.05) is 74.5 Å². The molecule has 46 heavy (non-hydrogen) atoms. The average molecular weight is 639 g/mol. The van der Waals surface area contributed by atoms with E-state index < -0.39 is 53.7 Å². The molecule has 5 N–H and O–H groups in total. The van der Waals surface area contributed by atoms with Gasteiger partial charge in [0.2, 0.25) is 17.7 Å². The minimum Gasteiger partial charge on any atom is -0.444 e. The first-order valence-electron chi connectivity index (χ1n) is 16.2. The summed E-state index contributed by atoms with van der Waals surface area (Å²) in [7, 11) is 0. The first-order valence-corrected chi connectivity index (χ1v) is 16.2. The maximum absolute atomic E-state index is 13.8. The average Bonchev–Trinajstić information content (AvgIpc) is 2.97. The summed E-state index contributed by atoms with van der Waals surface area (Å²) < 4.78 is 5.35. The molecule has 0 aliphatic heterocycles. The third-order valence-corrected chi connectivity index (χ3v) is 7.41. The normalized spacial score (nSPS) is 14.8. The van der Waals surface area contributed by atoms with E-state index in [2.05, 4.69) is 21.3 Å². The van der Waals surface area contributed by atoms with Crippen LogP contribution in [0, 0.1) is 17.8 Å². The molecule has 10 heteroatoms. The Morgan fingerprint density at radius 1 is 0.739 bits per heavy atom. The van der Waals surface area contributed by atoms with Crippen molar-refractivity contribution in [2.75, 3.05) is 0 Å². The molecular weight excluding hydrogens is 584 g/mol. The SMILES string of the molecule is CC(C)C[C@H](NC(=O)[C@H](Cc1ccccc1)NC(=O)[C@@H](NC(=O)OC(C)(C)C)C(C)C)[C@@H](O)C[C@@H](C)C(=O)NCc1ccccc1. The van der Waals surface area contributed by atoms with Crippen LogP contribution >= 0.6 is 0 Å². The van der Waals surface area contributed by atoms with Crippen LogP contribution in [0.15, 0.2) is 60.7 Å². The quantitative estimate of drug-likeness (QED) is 0.183. The molecule has 0 heterocycles. The number of amides is 4. The number of hydrogen-bond acceptors (Lipinski definition) is 6. The van der Waals surface area contributed by atoms with Crippen LogP contribution in [-0.4, -0.2) is 58.8 Å². The van der Waals surface area contributed by atoms with Gasteiger partial charge in [0, 0.05) is 18.9 Å². The summed E-state index contributed by atoms with van der Waals surface area (Å²) in [5.74, 6) is -1.85. The number of carbonyl (C=O) groups is 4. The third-order valence-electron chi connectivity index (χ3n) is 7.41. The maximum atomic E-state index is 13.8. The lowest BCUT2D eigenvalue weighted by Gasteiger charge is -2.30. The number of nitrogens with one attached hydrogen (secondary N) is 4. The molecule has 2 aromatic carbocycles. The summed E-state index contributed by atoms with van der Waals surface area (Å²) in [4.78, 5) is 52.7. The van der Waals surface area contributed by atoms with Gasteiger partial charge >= 0.3 is 6.09 Å². The van der Waals surface area contributed by atoms with Crippen molar-refractivity contribution in [2.45, 2.75) is 111 Å². The Balaban J connectivity index is 2.19. The van der Waals surface area contributed by atoms with Crippen LogP contribution < -0.4 is 21.3 Å². The largest absolute Gasteiger partial charge is 0.444 e. The molecule has 0 radical (unpaired) electrons. The summed E-state index contributed by atoms with van der Waals surface area (Å²) in [5, 5.41) is 22.6. The van der Waals surface area contributed by atoms with Gasteiger partial charge in [-0.15, -0.1) is 0 Å². The lowest BCUT2D eigenvalue weighted by Crippen LogP contribution is -2.58. The lowest BCUT2D eigenvalue weighted by molar-refractivity contribution is -0.131. The fraction of sp³-hybridized carbons (Fsp3) is 0.556. The van der Waals surface area contributed by atoms with Gasteiger partial charge in [0.15, 0.2) is 0 Å². The molecule has 2 rings (SSSR count). The topological polar surface area (TPSA) is 146 Å². The highest BCUT2D eigenvalue weighted by atomic mass is 16.6. The smallest absolute Gasteiger partial charge is 0.408 e. The molecule has 4 amide bonds. The highest BCUT2D eigenvalue weighted by Crippen LogP contribution is 2.17. The fourth-order valence-corrected chi connectivity index (χ4v) is 4.99. The molecule has 0 aromatic heterocycles. The first-order chi connectivity index (χ1) is 21.6. The predicted molar refractivity (Wildman–Crippen MR) is 180 cm³/mol. The summed E-state index contributed by atoms with van der Waals surface area (Å²) in [5.41, 5.74) is 1.05. The molecule has 0 fully saturated rings. The Bertz CT molecular complexity index is 1250. The van der Waals surface area contributed by atoms with E-state index in [4.69, 9.17) is 4.74 Å². The monoisotopic (exact) mass is 638 g/mol. The molecular formula is C36H54N4O6. The number of benzene rings is 2. The van der Waals surface area contributed by atoms with Crippen molar-refractivity contribution in [3.05, 3.63) is 71.8 Å². The van der Waals surface area contributed by atoms with E-state index in [1.165, 1.54) is 0 Å². The zero-order chi connectivity index (χ0) is 34.4. The van der Waals surface area contributed by atoms with Crippen molar-refractivity contribution >= 4 is 23.8 Å². The molecule has 0 spiro atoms. The second-order valence-electron chi connectivity index (χ2n) is 13.8. The maximum Gasteiger partial charge on any atom is 0.408 e. The Kier molecular flexibility index (Phi) is 15.2. The highest BCUT2D eigenvalue weighted by Gasteiger charge is 2.33. The van der Waals surface area contributed by atoms with Crippen LogP contribution in [0.1, 0.15) is 79.4 Å². The number of rotatable bonds is 16. The van der Waals surface area contributed by atoms with Gasteiger partial charge in [0.1, 0.15) is 17.7 Å². The van der Waals surface area contributed by atoms with Gasteiger partial charge in [-0.1, -0.05) is 95.3 Å². The van der Waals surface area contributed by atoms with Crippen molar-refractivity contribution in [1.29, 1.82) is 0 Å². The zero-order valence-corrected chi connectivity index (χ0v) is 28.6. The molecule has 0 aliphatic rings. The minimum absolute atomic E-state index is 0.132. The van der Waals surface area contributed by atoms with Crippen molar-refractivity contribution in [3.8, 4) is 0 Å². The van der Waals surface area contributed by atoms with E-state index >= 15 is 0 Å². The van der Waals surface area contributed by atoms with Gasteiger partial charge in [-0.2, -0.15) is 0 Å². The van der Waals surface area contributed by atoms with Crippen molar-refractivity contribution < 1.29 is 29.0 Å². The Morgan fingerprint density at radius 3 is 1.83 bits per heavy atom. The van der Waals surface area contributed by atoms with Crippen LogP contribution in [-0.2, 0) is 32.1 Å². The number of ether oxygens (including phenoxy) is 1. The molecule has 10 nitrogen and oxygen atoms in total. The molecule has 0 saturated carbocycles. The van der Waals surface area contributed by atoms with Crippen LogP contribution in [0.25, 0.3) is 0 Å². The molecule has 0 aliphatic carbocycles. The van der Waals surface area contributed by atoms with Gasteiger partial charge in [-0.05, 0) is 56.6 Å². The van der Waals surface area contributed by atoms with Crippen molar-refractivity contribution in [3.63, 3.8) is 0 Å². The van der Waals surface area contributed by atoms with Gasteiger partial charge in [0.25, 0.3) is 0 Å². The van der Waals surface area contributed by atoms with E-state index in [-0.39, 0.29) is 30.6 Å². The molecule has 0 unspecified atom stereocenters. The van der Waals surface area contributed by atoms with Gasteiger partial charge in [-0.25, -0.2) is 4.79 Å². The summed E-state index contributed by atoms with van der Waals surface area (Å²) in [6.45, 7) is 14.9. The molecule has 0 bridgehead atoms. The number of alkyl carbamates (subject to hydrolysis) is 1. The number of hydrogen-bond donors (Lipinski definition) is 5. The van der Waals surface area contributed by atoms with Crippen molar-refractivity contribution in [1.82, 2.24) is 21.3 Å². The van der Waals surface area contributed by atoms with Crippen LogP contribution in [0.3, 0.4) is 0 Å². The lowest BCUT2D eigenvalue weighted by atomic mass is 9.92. The van der Waals surface area contributed by atoms with E-state index in [0.29, 0.717) is 13.0 Å². The minimum atomic E-state index is -1.01. The number of aliphatic hydroxyl groups is 1. The molecule has 2 aromatic rings. The summed E-state index contributed by atoms with van der Waals surface area (Å²) in [6, 6.07) is 16.3. The Labute approximate surface area is 274 Å². The van der Waals surface area contributed by atoms with Crippen LogP contribution in [0.4, 0.5) is 4.79 Å². The number of carbonyl (C=O) groups excluding carboxylic acids is 4. The zero-order valence-electron chi connectivity index (χ0n) is 28.6. The third kappa shape index (κ3) is 14.0. The van der Waals surface area contributed by atoms with Gasteiger partial charge < -0.3 is 31.1 Å². The molecule has 5 atom stereocenters. The van der Waals surface area contributed by atoms with E-state index in [1.54, 1.807) is 41.5 Å². The fourth-order valence-electron chi connectivity index (χ4n) is 4.99. The van der Waals surface area contributed by atoms with Crippen LogP contribution in [0.2, 0.25) is 0 Å². The van der Waals surface area contributed by atoms with Gasteiger partial charge in [-0.3, -0.25) is 14.4 Å². The second kappa shape index (κ2) is 18.3. The second-order valence-corrected chi connectivity index (χ2v) is 13.8. The predicted octanol–water partition coefficient (Wildman–Crippen LogP) is 4.50. The van der Waals surface area contributed by atoms with Gasteiger partial charge in [0.05, 0.1) is 12.1 Å². The van der Waals surface area contributed by atoms with E-state index in [0.717, 1.165) is 11.1 Å². The molecule has 254 valence electrons. The first kappa shape index (κ1) is 38.3. The number of aliphatic hydroxyl groups excluding tert-OH is 1. The van der Waals surface area contributed by atoms with E-state index in [9.17, 15) is 24.3 Å². The van der Waals surface area contributed by atoms with Crippen molar-refractivity contribution in [2.24, 2.45) is 17.8 Å². The highest BCUT2D eigenvalue weighted by molar-refractivity contribution is 5.91. The summed E-state index contributed by atoms with van der Waals surface area (Å²) >= 11 is 0. The molecule has 0 saturated heterocycles. The summed E-state index contributed by atoms with van der Waals surface area (Å²) in [6.07, 6.45) is -0.935.